The van der Waals surface area contributed by atoms with Gasteiger partial charge in [0.2, 0.25) is 0 Å². The van der Waals surface area contributed by atoms with Crippen molar-refractivity contribution in [3.8, 4) is 5.75 Å². The monoisotopic (exact) mass is 332 g/mol. The highest BCUT2D eigenvalue weighted by Crippen LogP contribution is 2.31. The Hall–Kier alpha value is -1.77. The molecule has 0 N–H and O–H groups in total. The summed E-state index contributed by atoms with van der Waals surface area (Å²) in [5, 5.41) is 1.13. The maximum atomic E-state index is 12.7. The first-order valence-corrected chi connectivity index (χ1v) is 7.71. The van der Waals surface area contributed by atoms with Crippen LogP contribution in [0, 0.1) is 0 Å². The molecule has 0 bridgehead atoms. The van der Waals surface area contributed by atoms with E-state index in [1.807, 2.05) is 24.3 Å². The van der Waals surface area contributed by atoms with Crippen LogP contribution in [0.5, 0.6) is 5.75 Å². The number of aryl methyl sites for hydroxylation is 1. The summed E-state index contributed by atoms with van der Waals surface area (Å²) >= 11 is 12.1. The Kier molecular flexibility index (Phi) is 4.23. The standard InChI is InChI=1S/C18H14Cl2O2/c1-22-15-7-5-11-2-3-13(18(21)16(11)10-15)8-12-4-6-14(19)9-17(12)20/h4-10H,2-3H2,1H3/b13-8+. The molecule has 0 amide bonds. The lowest BCUT2D eigenvalue weighted by Crippen LogP contribution is -2.14. The molecule has 3 rings (SSSR count). The van der Waals surface area contributed by atoms with Gasteiger partial charge >= 0.3 is 0 Å². The van der Waals surface area contributed by atoms with E-state index in [9.17, 15) is 4.79 Å². The van der Waals surface area contributed by atoms with Crippen molar-refractivity contribution < 1.29 is 9.53 Å². The van der Waals surface area contributed by atoms with E-state index < -0.39 is 0 Å². The van der Waals surface area contributed by atoms with Gasteiger partial charge in [-0.25, -0.2) is 0 Å². The summed E-state index contributed by atoms with van der Waals surface area (Å²) in [5.41, 5.74) is 3.33. The number of benzene rings is 2. The number of fused-ring (bicyclic) bond motifs is 1. The highest BCUT2D eigenvalue weighted by Gasteiger charge is 2.22. The largest absolute Gasteiger partial charge is 0.497 e. The molecule has 4 heteroatoms. The van der Waals surface area contributed by atoms with Crippen LogP contribution in [-0.4, -0.2) is 12.9 Å². The molecule has 0 unspecified atom stereocenters. The quantitative estimate of drug-likeness (QED) is 0.705. The van der Waals surface area contributed by atoms with Crippen LogP contribution >= 0.6 is 23.2 Å². The molecule has 0 radical (unpaired) electrons. The number of hydrogen-bond acceptors (Lipinski definition) is 2. The van der Waals surface area contributed by atoms with Crippen molar-refractivity contribution in [2.45, 2.75) is 12.8 Å². The van der Waals surface area contributed by atoms with Gasteiger partial charge in [0.15, 0.2) is 5.78 Å². The van der Waals surface area contributed by atoms with Gasteiger partial charge in [-0.15, -0.1) is 0 Å². The molecule has 2 aromatic rings. The highest BCUT2D eigenvalue weighted by atomic mass is 35.5. The summed E-state index contributed by atoms with van der Waals surface area (Å²) in [4.78, 5) is 12.7. The van der Waals surface area contributed by atoms with Crippen molar-refractivity contribution in [2.75, 3.05) is 7.11 Å². The maximum absolute atomic E-state index is 12.7. The van der Waals surface area contributed by atoms with E-state index in [2.05, 4.69) is 0 Å². The number of hydrogen-bond donors (Lipinski definition) is 0. The van der Waals surface area contributed by atoms with Crippen LogP contribution in [0.3, 0.4) is 0 Å². The number of allylic oxidation sites excluding steroid dienone is 1. The van der Waals surface area contributed by atoms with Gasteiger partial charge in [-0.2, -0.15) is 0 Å². The second-order valence-electron chi connectivity index (χ2n) is 5.19. The first-order valence-electron chi connectivity index (χ1n) is 6.95. The first kappa shape index (κ1) is 15.1. The Morgan fingerprint density at radius 3 is 2.64 bits per heavy atom. The molecule has 2 aromatic carbocycles. The van der Waals surface area contributed by atoms with E-state index in [0.29, 0.717) is 27.8 Å². The molecule has 0 saturated heterocycles. The SMILES string of the molecule is COc1ccc2c(c1)C(=O)/C(=C/c1ccc(Cl)cc1Cl)CC2. The van der Waals surface area contributed by atoms with Crippen molar-refractivity contribution in [1.82, 2.24) is 0 Å². The number of ether oxygens (including phenoxy) is 1. The minimum atomic E-state index is 0.0335. The van der Waals surface area contributed by atoms with E-state index in [1.165, 1.54) is 0 Å². The van der Waals surface area contributed by atoms with Gasteiger partial charge in [0.1, 0.15) is 5.75 Å². The minimum Gasteiger partial charge on any atom is -0.497 e. The van der Waals surface area contributed by atoms with Crippen LogP contribution in [0.15, 0.2) is 42.0 Å². The molecule has 1 aliphatic carbocycles. The maximum Gasteiger partial charge on any atom is 0.189 e. The van der Waals surface area contributed by atoms with E-state index in [1.54, 1.807) is 25.3 Å². The molecule has 0 fully saturated rings. The third-order valence-electron chi connectivity index (χ3n) is 3.81. The number of ketones is 1. The van der Waals surface area contributed by atoms with Gasteiger partial charge in [-0.1, -0.05) is 35.3 Å². The smallest absolute Gasteiger partial charge is 0.189 e. The molecule has 112 valence electrons. The van der Waals surface area contributed by atoms with Crippen molar-refractivity contribution in [3.63, 3.8) is 0 Å². The van der Waals surface area contributed by atoms with E-state index in [0.717, 1.165) is 23.1 Å². The van der Waals surface area contributed by atoms with Gasteiger partial charge in [-0.05, 0) is 54.3 Å². The average molecular weight is 333 g/mol. The zero-order chi connectivity index (χ0) is 15.7. The van der Waals surface area contributed by atoms with Crippen molar-refractivity contribution in [2.24, 2.45) is 0 Å². The lowest BCUT2D eigenvalue weighted by atomic mass is 9.86. The predicted molar refractivity (Wildman–Crippen MR) is 90.1 cm³/mol. The lowest BCUT2D eigenvalue weighted by Gasteiger charge is -2.18. The van der Waals surface area contributed by atoms with Crippen LogP contribution in [0.2, 0.25) is 10.0 Å². The van der Waals surface area contributed by atoms with Crippen LogP contribution in [-0.2, 0) is 6.42 Å². The second kappa shape index (κ2) is 6.15. The zero-order valence-corrected chi connectivity index (χ0v) is 13.5. The molecule has 0 saturated carbocycles. The Labute approximate surface area is 139 Å². The molecule has 0 heterocycles. The third-order valence-corrected chi connectivity index (χ3v) is 4.37. The Morgan fingerprint density at radius 2 is 1.91 bits per heavy atom. The number of Topliss-reactive ketones (excluding diaryl/α,β-unsaturated/α-hetero) is 1. The third kappa shape index (κ3) is 2.90. The van der Waals surface area contributed by atoms with Crippen LogP contribution < -0.4 is 4.74 Å². The number of methoxy groups -OCH3 is 1. The Bertz CT molecular complexity index is 779. The van der Waals surface area contributed by atoms with Crippen molar-refractivity contribution in [3.05, 3.63) is 68.7 Å². The fraction of sp³-hybridized carbons (Fsp3) is 0.167. The van der Waals surface area contributed by atoms with E-state index in [-0.39, 0.29) is 5.78 Å². The Balaban J connectivity index is 1.99. The average Bonchev–Trinajstić information content (AvgIpc) is 2.52. The molecule has 22 heavy (non-hydrogen) atoms. The van der Waals surface area contributed by atoms with Crippen molar-refractivity contribution in [1.29, 1.82) is 0 Å². The fourth-order valence-corrected chi connectivity index (χ4v) is 3.07. The summed E-state index contributed by atoms with van der Waals surface area (Å²) in [7, 11) is 1.60. The molecular formula is C18H14Cl2O2. The minimum absolute atomic E-state index is 0.0335. The van der Waals surface area contributed by atoms with Crippen LogP contribution in [0.25, 0.3) is 6.08 Å². The summed E-state index contributed by atoms with van der Waals surface area (Å²) in [6, 6.07) is 10.9. The molecule has 0 atom stereocenters. The molecule has 0 aliphatic heterocycles. The molecule has 0 aromatic heterocycles. The van der Waals surface area contributed by atoms with Crippen LogP contribution in [0.4, 0.5) is 0 Å². The lowest BCUT2D eigenvalue weighted by molar-refractivity contribution is 0.102. The van der Waals surface area contributed by atoms with Gasteiger partial charge in [0.05, 0.1) is 7.11 Å². The van der Waals surface area contributed by atoms with E-state index >= 15 is 0 Å². The van der Waals surface area contributed by atoms with Gasteiger partial charge < -0.3 is 4.74 Å². The zero-order valence-electron chi connectivity index (χ0n) is 12.0. The molecule has 2 nitrogen and oxygen atoms in total. The summed E-state index contributed by atoms with van der Waals surface area (Å²) in [5.74, 6) is 0.726. The molecule has 1 aliphatic rings. The number of halogens is 2. The van der Waals surface area contributed by atoms with Crippen molar-refractivity contribution >= 4 is 35.1 Å². The summed E-state index contributed by atoms with van der Waals surface area (Å²) in [6.07, 6.45) is 3.39. The molecule has 0 spiro atoms. The first-order chi connectivity index (χ1) is 10.6. The predicted octanol–water partition coefficient (Wildman–Crippen LogP) is 5.21. The Morgan fingerprint density at radius 1 is 1.09 bits per heavy atom. The highest BCUT2D eigenvalue weighted by molar-refractivity contribution is 6.35. The summed E-state index contributed by atoms with van der Waals surface area (Å²) in [6.45, 7) is 0. The van der Waals surface area contributed by atoms with E-state index in [4.69, 9.17) is 27.9 Å². The number of rotatable bonds is 2. The number of carbonyl (C=O) groups is 1. The topological polar surface area (TPSA) is 26.3 Å². The van der Waals surface area contributed by atoms with Gasteiger partial charge in [0, 0.05) is 21.2 Å². The van der Waals surface area contributed by atoms with Crippen LogP contribution in [0.1, 0.15) is 27.9 Å². The van der Waals surface area contributed by atoms with Gasteiger partial charge in [0.25, 0.3) is 0 Å². The normalized spacial score (nSPS) is 15.8. The molecular weight excluding hydrogens is 319 g/mol. The number of carbonyl (C=O) groups excluding carboxylic acids is 1. The second-order valence-corrected chi connectivity index (χ2v) is 6.03. The fourth-order valence-electron chi connectivity index (χ4n) is 2.61. The van der Waals surface area contributed by atoms with Gasteiger partial charge in [-0.3, -0.25) is 4.79 Å². The summed E-state index contributed by atoms with van der Waals surface area (Å²) < 4.78 is 5.21.